The molecule has 2 aliphatic heterocycles. The first-order valence-electron chi connectivity index (χ1n) is 8.76. The molecule has 0 bridgehead atoms. The largest absolute Gasteiger partial charge is 0.342 e. The molecule has 0 saturated carbocycles. The van der Waals surface area contributed by atoms with Crippen molar-refractivity contribution in [3.05, 3.63) is 29.8 Å². The van der Waals surface area contributed by atoms with Gasteiger partial charge in [0.1, 0.15) is 0 Å². The van der Waals surface area contributed by atoms with Gasteiger partial charge in [0, 0.05) is 26.2 Å². The summed E-state index contributed by atoms with van der Waals surface area (Å²) in [5.74, 6) is 0.222. The highest BCUT2D eigenvalue weighted by Crippen LogP contribution is 2.42. The normalized spacial score (nSPS) is 26.1. The van der Waals surface area contributed by atoms with E-state index in [1.807, 2.05) is 30.9 Å². The predicted molar refractivity (Wildman–Crippen MR) is 93.1 cm³/mol. The standard InChI is InChI=1S/C18H26N2O3S/c1-3-19-13-10-18(17(19)21)9-6-12-20(14-11-18)24(22,23)16-8-5-4-7-15(16)2/h4-5,7-8H,3,6,9-14H2,1-2H3/t18-/m0/s1. The molecule has 0 N–H and O–H groups in total. The van der Waals surface area contributed by atoms with Gasteiger partial charge >= 0.3 is 0 Å². The highest BCUT2D eigenvalue weighted by atomic mass is 32.2. The van der Waals surface area contributed by atoms with Crippen LogP contribution in [0.4, 0.5) is 0 Å². The van der Waals surface area contributed by atoms with E-state index in [1.165, 1.54) is 0 Å². The number of likely N-dealkylation sites (tertiary alicyclic amines) is 1. The number of aryl methyl sites for hydroxylation is 1. The number of hydrogen-bond acceptors (Lipinski definition) is 3. The maximum Gasteiger partial charge on any atom is 0.243 e. The molecule has 0 aliphatic carbocycles. The Hall–Kier alpha value is -1.40. The molecular formula is C18H26N2O3S. The van der Waals surface area contributed by atoms with Gasteiger partial charge in [0.05, 0.1) is 10.3 Å². The van der Waals surface area contributed by atoms with Crippen molar-refractivity contribution in [2.45, 2.75) is 44.4 Å². The molecule has 0 radical (unpaired) electrons. The van der Waals surface area contributed by atoms with Crippen molar-refractivity contribution in [2.24, 2.45) is 5.41 Å². The van der Waals surface area contributed by atoms with Crippen LogP contribution in [0, 0.1) is 12.3 Å². The van der Waals surface area contributed by atoms with Gasteiger partial charge in [-0.2, -0.15) is 4.31 Å². The van der Waals surface area contributed by atoms with Crippen LogP contribution in [0.25, 0.3) is 0 Å². The zero-order valence-electron chi connectivity index (χ0n) is 14.5. The van der Waals surface area contributed by atoms with Gasteiger partial charge in [-0.15, -0.1) is 0 Å². The third-order valence-electron chi connectivity index (χ3n) is 5.60. The minimum absolute atomic E-state index is 0.222. The molecule has 2 heterocycles. The first-order chi connectivity index (χ1) is 11.4. The lowest BCUT2D eigenvalue weighted by Crippen LogP contribution is -2.36. The first-order valence-corrected chi connectivity index (χ1v) is 10.2. The quantitative estimate of drug-likeness (QED) is 0.841. The number of rotatable bonds is 3. The molecule has 0 aromatic heterocycles. The Balaban J connectivity index is 1.82. The van der Waals surface area contributed by atoms with E-state index < -0.39 is 10.0 Å². The molecule has 1 aromatic carbocycles. The van der Waals surface area contributed by atoms with Crippen LogP contribution < -0.4 is 0 Å². The van der Waals surface area contributed by atoms with E-state index in [4.69, 9.17) is 0 Å². The van der Waals surface area contributed by atoms with Crippen molar-refractivity contribution >= 4 is 15.9 Å². The van der Waals surface area contributed by atoms with Gasteiger partial charge in [-0.3, -0.25) is 4.79 Å². The summed E-state index contributed by atoms with van der Waals surface area (Å²) in [6.07, 6.45) is 3.03. The minimum atomic E-state index is -3.49. The van der Waals surface area contributed by atoms with E-state index in [0.717, 1.165) is 37.9 Å². The molecule has 24 heavy (non-hydrogen) atoms. The first kappa shape index (κ1) is 17.4. The Morgan fingerprint density at radius 1 is 1.08 bits per heavy atom. The maximum absolute atomic E-state index is 13.0. The number of sulfonamides is 1. The molecule has 1 spiro atoms. The van der Waals surface area contributed by atoms with Crippen LogP contribution in [0.3, 0.4) is 0 Å². The second-order valence-electron chi connectivity index (χ2n) is 6.94. The van der Waals surface area contributed by atoms with Gasteiger partial charge in [0.15, 0.2) is 0 Å². The highest BCUT2D eigenvalue weighted by molar-refractivity contribution is 7.89. The van der Waals surface area contributed by atoms with Gasteiger partial charge in [0.2, 0.25) is 15.9 Å². The topological polar surface area (TPSA) is 57.7 Å². The van der Waals surface area contributed by atoms with Crippen molar-refractivity contribution < 1.29 is 13.2 Å². The monoisotopic (exact) mass is 350 g/mol. The molecule has 2 saturated heterocycles. The molecular weight excluding hydrogens is 324 g/mol. The number of hydrogen-bond donors (Lipinski definition) is 0. The lowest BCUT2D eigenvalue weighted by atomic mass is 9.79. The van der Waals surface area contributed by atoms with Crippen LogP contribution in [0.2, 0.25) is 0 Å². The van der Waals surface area contributed by atoms with Crippen molar-refractivity contribution in [3.63, 3.8) is 0 Å². The van der Waals surface area contributed by atoms with E-state index in [9.17, 15) is 13.2 Å². The molecule has 6 heteroatoms. The van der Waals surface area contributed by atoms with E-state index in [-0.39, 0.29) is 11.3 Å². The van der Waals surface area contributed by atoms with E-state index in [2.05, 4.69) is 0 Å². The summed E-state index contributed by atoms with van der Waals surface area (Å²) in [6, 6.07) is 7.11. The molecule has 3 rings (SSSR count). The number of carbonyl (C=O) groups excluding carboxylic acids is 1. The SMILES string of the molecule is CCN1CC[C@]2(CCCN(S(=O)(=O)c3ccccc3C)CC2)C1=O. The number of benzene rings is 1. The lowest BCUT2D eigenvalue weighted by Gasteiger charge is -2.26. The Bertz CT molecular complexity index is 732. The molecule has 132 valence electrons. The fraction of sp³-hybridized carbons (Fsp3) is 0.611. The van der Waals surface area contributed by atoms with Crippen LogP contribution in [-0.4, -0.2) is 49.7 Å². The molecule has 5 nitrogen and oxygen atoms in total. The fourth-order valence-electron chi connectivity index (χ4n) is 4.05. The molecule has 2 aliphatic rings. The maximum atomic E-state index is 13.0. The lowest BCUT2D eigenvalue weighted by molar-refractivity contribution is -0.136. The van der Waals surface area contributed by atoms with Crippen LogP contribution >= 0.6 is 0 Å². The van der Waals surface area contributed by atoms with Gasteiger partial charge in [-0.1, -0.05) is 18.2 Å². The highest BCUT2D eigenvalue weighted by Gasteiger charge is 2.47. The van der Waals surface area contributed by atoms with Crippen molar-refractivity contribution in [2.75, 3.05) is 26.2 Å². The van der Waals surface area contributed by atoms with E-state index >= 15 is 0 Å². The Morgan fingerprint density at radius 2 is 1.79 bits per heavy atom. The fourth-order valence-corrected chi connectivity index (χ4v) is 5.76. The molecule has 2 fully saturated rings. The summed E-state index contributed by atoms with van der Waals surface area (Å²) in [5, 5.41) is 0. The Morgan fingerprint density at radius 3 is 2.46 bits per heavy atom. The summed E-state index contributed by atoms with van der Waals surface area (Å²) < 4.78 is 27.6. The van der Waals surface area contributed by atoms with Crippen molar-refractivity contribution in [3.8, 4) is 0 Å². The van der Waals surface area contributed by atoms with Crippen LogP contribution in [0.5, 0.6) is 0 Å². The van der Waals surface area contributed by atoms with Crippen LogP contribution in [0.15, 0.2) is 29.2 Å². The molecule has 1 amide bonds. The second kappa shape index (κ2) is 6.48. The molecule has 0 unspecified atom stereocenters. The average Bonchev–Trinajstić information content (AvgIpc) is 2.74. The zero-order chi connectivity index (χ0) is 17.4. The predicted octanol–water partition coefficient (Wildman–Crippen LogP) is 2.41. The minimum Gasteiger partial charge on any atom is -0.342 e. The summed E-state index contributed by atoms with van der Waals surface area (Å²) in [6.45, 7) is 6.30. The van der Waals surface area contributed by atoms with Crippen LogP contribution in [0.1, 0.15) is 38.2 Å². The summed E-state index contributed by atoms with van der Waals surface area (Å²) in [7, 11) is -3.49. The van der Waals surface area contributed by atoms with Crippen LogP contribution in [-0.2, 0) is 14.8 Å². The average molecular weight is 350 g/mol. The third-order valence-corrected chi connectivity index (χ3v) is 7.66. The number of nitrogens with zero attached hydrogens (tertiary/aromatic N) is 2. The number of carbonyl (C=O) groups is 1. The Kier molecular flexibility index (Phi) is 4.71. The van der Waals surface area contributed by atoms with Gasteiger partial charge in [-0.25, -0.2) is 8.42 Å². The van der Waals surface area contributed by atoms with Gasteiger partial charge in [-0.05, 0) is 51.2 Å². The van der Waals surface area contributed by atoms with E-state index in [0.29, 0.717) is 24.4 Å². The molecule has 1 aromatic rings. The van der Waals surface area contributed by atoms with Crippen molar-refractivity contribution in [1.29, 1.82) is 0 Å². The van der Waals surface area contributed by atoms with Gasteiger partial charge < -0.3 is 4.90 Å². The summed E-state index contributed by atoms with van der Waals surface area (Å²) in [5.41, 5.74) is 0.428. The smallest absolute Gasteiger partial charge is 0.243 e. The third kappa shape index (κ3) is 2.86. The van der Waals surface area contributed by atoms with Crippen molar-refractivity contribution in [1.82, 2.24) is 9.21 Å². The molecule has 1 atom stereocenters. The zero-order valence-corrected chi connectivity index (χ0v) is 15.3. The van der Waals surface area contributed by atoms with Gasteiger partial charge in [0.25, 0.3) is 0 Å². The Labute approximate surface area is 144 Å². The van der Waals surface area contributed by atoms with E-state index in [1.54, 1.807) is 16.4 Å². The summed E-state index contributed by atoms with van der Waals surface area (Å²) >= 11 is 0. The second-order valence-corrected chi connectivity index (χ2v) is 8.84. The number of amides is 1. The summed E-state index contributed by atoms with van der Waals surface area (Å²) in [4.78, 5) is 15.0.